The molecule has 0 fully saturated rings. The number of anilines is 1. The van der Waals surface area contributed by atoms with E-state index in [4.69, 9.17) is 0 Å². The van der Waals surface area contributed by atoms with Crippen LogP contribution < -0.4 is 10.6 Å². The quantitative estimate of drug-likeness (QED) is 0.772. The molecule has 2 amide bonds. The van der Waals surface area contributed by atoms with Crippen molar-refractivity contribution in [3.05, 3.63) is 29.8 Å². The van der Waals surface area contributed by atoms with Gasteiger partial charge in [0.15, 0.2) is 0 Å². The lowest BCUT2D eigenvalue weighted by molar-refractivity contribution is -0.123. The van der Waals surface area contributed by atoms with Crippen molar-refractivity contribution in [3.8, 4) is 0 Å². The maximum atomic E-state index is 12.1. The second-order valence-corrected chi connectivity index (χ2v) is 5.62. The van der Waals surface area contributed by atoms with Gasteiger partial charge in [-0.25, -0.2) is 0 Å². The molecule has 1 aromatic carbocycles. The van der Waals surface area contributed by atoms with Gasteiger partial charge in [-0.2, -0.15) is 0 Å². The molecule has 22 heavy (non-hydrogen) atoms. The van der Waals surface area contributed by atoms with E-state index in [1.54, 1.807) is 0 Å². The van der Waals surface area contributed by atoms with Crippen LogP contribution in [-0.4, -0.2) is 42.4 Å². The topological polar surface area (TPSA) is 61.4 Å². The summed E-state index contributed by atoms with van der Waals surface area (Å²) in [5, 5.41) is 5.69. The van der Waals surface area contributed by atoms with Crippen LogP contribution in [0.4, 0.5) is 5.69 Å². The molecule has 1 aromatic rings. The van der Waals surface area contributed by atoms with Crippen molar-refractivity contribution >= 4 is 17.5 Å². The van der Waals surface area contributed by atoms with E-state index < -0.39 is 0 Å². The molecule has 0 aliphatic heterocycles. The minimum absolute atomic E-state index is 0.0584. The third-order valence-electron chi connectivity index (χ3n) is 3.28. The molecule has 1 rings (SSSR count). The molecule has 0 unspecified atom stereocenters. The number of nitrogens with zero attached hydrogens (tertiary/aromatic N) is 1. The fraction of sp³-hybridized carbons (Fsp3) is 0.529. The van der Waals surface area contributed by atoms with Gasteiger partial charge in [-0.3, -0.25) is 14.5 Å². The Labute approximate surface area is 133 Å². The maximum absolute atomic E-state index is 12.1. The van der Waals surface area contributed by atoms with Crippen molar-refractivity contribution in [2.75, 3.05) is 25.0 Å². The number of amides is 2. The van der Waals surface area contributed by atoms with Crippen molar-refractivity contribution in [3.63, 3.8) is 0 Å². The van der Waals surface area contributed by atoms with Crippen LogP contribution in [0.1, 0.15) is 33.3 Å². The maximum Gasteiger partial charge on any atom is 0.238 e. The SMILES string of the molecule is CCc1ccc(NC(=O)CN(CC)CC(=O)NC(C)C)cc1. The molecule has 0 aromatic heterocycles. The molecule has 0 aliphatic carbocycles. The second kappa shape index (κ2) is 9.20. The molecule has 0 saturated heterocycles. The summed E-state index contributed by atoms with van der Waals surface area (Å²) in [7, 11) is 0. The molecule has 0 saturated carbocycles. The molecular formula is C17H27N3O2. The molecule has 0 atom stereocenters. The molecular weight excluding hydrogens is 278 g/mol. The normalized spacial score (nSPS) is 10.8. The number of likely N-dealkylation sites (N-methyl/N-ethyl adjacent to an activating group) is 1. The molecule has 0 bridgehead atoms. The average molecular weight is 305 g/mol. The number of rotatable bonds is 8. The fourth-order valence-electron chi connectivity index (χ4n) is 2.08. The number of aryl methyl sites for hydroxylation is 1. The molecule has 0 heterocycles. The third-order valence-corrected chi connectivity index (χ3v) is 3.28. The van der Waals surface area contributed by atoms with E-state index in [9.17, 15) is 9.59 Å². The van der Waals surface area contributed by atoms with Crippen LogP contribution in [-0.2, 0) is 16.0 Å². The van der Waals surface area contributed by atoms with E-state index in [0.717, 1.165) is 12.1 Å². The van der Waals surface area contributed by atoms with E-state index in [2.05, 4.69) is 17.6 Å². The Morgan fingerprint density at radius 1 is 1.05 bits per heavy atom. The first kappa shape index (κ1) is 18.2. The van der Waals surface area contributed by atoms with Crippen LogP contribution in [0.15, 0.2) is 24.3 Å². The van der Waals surface area contributed by atoms with E-state index in [1.807, 2.05) is 49.9 Å². The highest BCUT2D eigenvalue weighted by atomic mass is 16.2. The van der Waals surface area contributed by atoms with E-state index in [-0.39, 0.29) is 30.9 Å². The van der Waals surface area contributed by atoms with Gasteiger partial charge in [0, 0.05) is 11.7 Å². The number of nitrogens with one attached hydrogen (secondary N) is 2. The Morgan fingerprint density at radius 2 is 1.64 bits per heavy atom. The van der Waals surface area contributed by atoms with Gasteiger partial charge in [0.2, 0.25) is 11.8 Å². The highest BCUT2D eigenvalue weighted by Crippen LogP contribution is 2.09. The zero-order valence-electron chi connectivity index (χ0n) is 14.0. The van der Waals surface area contributed by atoms with Gasteiger partial charge in [0.1, 0.15) is 0 Å². The molecule has 5 heteroatoms. The predicted octanol–water partition coefficient (Wildman–Crippen LogP) is 2.03. The van der Waals surface area contributed by atoms with Gasteiger partial charge < -0.3 is 10.6 Å². The van der Waals surface area contributed by atoms with Gasteiger partial charge in [0.05, 0.1) is 13.1 Å². The lowest BCUT2D eigenvalue weighted by Gasteiger charge is -2.20. The summed E-state index contributed by atoms with van der Waals surface area (Å²) in [5.74, 6) is -0.166. The summed E-state index contributed by atoms with van der Waals surface area (Å²) in [5.41, 5.74) is 2.02. The van der Waals surface area contributed by atoms with Crippen molar-refractivity contribution in [2.45, 2.75) is 40.2 Å². The fourth-order valence-corrected chi connectivity index (χ4v) is 2.08. The van der Waals surface area contributed by atoms with E-state index >= 15 is 0 Å². The Bertz CT molecular complexity index is 483. The lowest BCUT2D eigenvalue weighted by atomic mass is 10.1. The number of carbonyl (C=O) groups is 2. The molecule has 0 aliphatic rings. The summed E-state index contributed by atoms with van der Waals surface area (Å²) in [6, 6.07) is 7.92. The Kier molecular flexibility index (Phi) is 7.60. The first-order chi connectivity index (χ1) is 10.4. The number of hydrogen-bond acceptors (Lipinski definition) is 3. The van der Waals surface area contributed by atoms with E-state index in [0.29, 0.717) is 6.54 Å². The van der Waals surface area contributed by atoms with Crippen molar-refractivity contribution in [1.29, 1.82) is 0 Å². The first-order valence-electron chi connectivity index (χ1n) is 7.85. The molecule has 5 nitrogen and oxygen atoms in total. The highest BCUT2D eigenvalue weighted by Gasteiger charge is 2.13. The van der Waals surface area contributed by atoms with Gasteiger partial charge in [0.25, 0.3) is 0 Å². The number of benzene rings is 1. The Balaban J connectivity index is 2.48. The third kappa shape index (κ3) is 6.72. The second-order valence-electron chi connectivity index (χ2n) is 5.62. The van der Waals surface area contributed by atoms with Gasteiger partial charge in [-0.05, 0) is 44.5 Å². The summed E-state index contributed by atoms with van der Waals surface area (Å²) in [4.78, 5) is 25.6. The van der Waals surface area contributed by atoms with Gasteiger partial charge >= 0.3 is 0 Å². The van der Waals surface area contributed by atoms with Crippen LogP contribution >= 0.6 is 0 Å². The van der Waals surface area contributed by atoms with E-state index in [1.165, 1.54) is 5.56 Å². The van der Waals surface area contributed by atoms with Crippen molar-refractivity contribution in [1.82, 2.24) is 10.2 Å². The van der Waals surface area contributed by atoms with Crippen LogP contribution in [0.3, 0.4) is 0 Å². The monoisotopic (exact) mass is 305 g/mol. The van der Waals surface area contributed by atoms with Gasteiger partial charge in [-0.1, -0.05) is 26.0 Å². The van der Waals surface area contributed by atoms with Crippen LogP contribution in [0.25, 0.3) is 0 Å². The Hall–Kier alpha value is -1.88. The molecule has 0 radical (unpaired) electrons. The number of carbonyl (C=O) groups excluding carboxylic acids is 2. The summed E-state index contributed by atoms with van der Waals surface area (Å²) in [6.07, 6.45) is 0.975. The highest BCUT2D eigenvalue weighted by molar-refractivity contribution is 5.92. The zero-order chi connectivity index (χ0) is 16.5. The minimum atomic E-state index is -0.108. The van der Waals surface area contributed by atoms with Crippen LogP contribution in [0, 0.1) is 0 Å². The molecule has 122 valence electrons. The van der Waals surface area contributed by atoms with Crippen LogP contribution in [0.2, 0.25) is 0 Å². The molecule has 2 N–H and O–H groups in total. The number of hydrogen-bond donors (Lipinski definition) is 2. The summed E-state index contributed by atoms with van der Waals surface area (Å²) in [6.45, 7) is 8.95. The lowest BCUT2D eigenvalue weighted by Crippen LogP contribution is -2.42. The van der Waals surface area contributed by atoms with Crippen molar-refractivity contribution in [2.24, 2.45) is 0 Å². The average Bonchev–Trinajstić information content (AvgIpc) is 2.46. The van der Waals surface area contributed by atoms with Gasteiger partial charge in [-0.15, -0.1) is 0 Å². The largest absolute Gasteiger partial charge is 0.353 e. The minimum Gasteiger partial charge on any atom is -0.353 e. The van der Waals surface area contributed by atoms with Crippen LogP contribution in [0.5, 0.6) is 0 Å². The predicted molar refractivity (Wildman–Crippen MR) is 89.8 cm³/mol. The smallest absolute Gasteiger partial charge is 0.238 e. The summed E-state index contributed by atoms with van der Waals surface area (Å²) < 4.78 is 0. The van der Waals surface area contributed by atoms with Crippen molar-refractivity contribution < 1.29 is 9.59 Å². The molecule has 0 spiro atoms. The standard InChI is InChI=1S/C17H27N3O2/c1-5-14-7-9-15(10-8-14)19-17(22)12-20(6-2)11-16(21)18-13(3)4/h7-10,13H,5-6,11-12H2,1-4H3,(H,18,21)(H,19,22). The Morgan fingerprint density at radius 3 is 2.14 bits per heavy atom. The zero-order valence-corrected chi connectivity index (χ0v) is 14.0. The first-order valence-corrected chi connectivity index (χ1v) is 7.85. The summed E-state index contributed by atoms with van der Waals surface area (Å²) >= 11 is 0.